The van der Waals surface area contributed by atoms with Crippen molar-refractivity contribution in [2.24, 2.45) is 0 Å². The van der Waals surface area contributed by atoms with Gasteiger partial charge in [0.1, 0.15) is 5.75 Å². The number of nitrogens with one attached hydrogen (secondary N) is 2. The zero-order valence-corrected chi connectivity index (χ0v) is 12.0. The van der Waals surface area contributed by atoms with Crippen LogP contribution in [-0.4, -0.2) is 18.6 Å². The maximum Gasteiger partial charge on any atom is 0.119 e. The number of hydrogen-bond donors (Lipinski definition) is 2. The van der Waals surface area contributed by atoms with Crippen LogP contribution in [0.4, 0.5) is 0 Å². The molecular weight excluding hydrogens is 260 g/mol. The van der Waals surface area contributed by atoms with Gasteiger partial charge in [0.15, 0.2) is 0 Å². The highest BCUT2D eigenvalue weighted by molar-refractivity contribution is 5.86. The number of benzene rings is 2. The molecule has 1 aliphatic rings. The Balaban J connectivity index is 1.88. The lowest BCUT2D eigenvalue weighted by atomic mass is 9.94. The number of hydrogen-bond acceptors (Lipinski definition) is 2. The van der Waals surface area contributed by atoms with Crippen LogP contribution in [0.25, 0.3) is 10.9 Å². The number of ether oxygens (including phenoxy) is 1. The highest BCUT2D eigenvalue weighted by Gasteiger charge is 2.25. The zero-order chi connectivity index (χ0) is 14.2. The average molecular weight is 278 g/mol. The van der Waals surface area contributed by atoms with E-state index in [1.807, 2.05) is 6.07 Å². The molecule has 0 spiro atoms. The molecule has 0 aliphatic carbocycles. The van der Waals surface area contributed by atoms with Gasteiger partial charge in [0.05, 0.1) is 13.2 Å². The van der Waals surface area contributed by atoms with Gasteiger partial charge in [0, 0.05) is 23.1 Å². The molecule has 4 rings (SSSR count). The van der Waals surface area contributed by atoms with Gasteiger partial charge in [-0.15, -0.1) is 0 Å². The standard InChI is InChI=1S/C18H18N2O/c1-21-13-7-8-16-15(11-13)14-9-10-19-17(18(14)20-16)12-5-3-2-4-6-12/h2-8,11,17,19-20H,9-10H2,1H3/t17-/m0/s1. The number of H-pyrrole nitrogens is 1. The largest absolute Gasteiger partial charge is 0.497 e. The molecule has 2 aromatic carbocycles. The Morgan fingerprint density at radius 2 is 1.95 bits per heavy atom. The highest BCUT2D eigenvalue weighted by Crippen LogP contribution is 2.34. The van der Waals surface area contributed by atoms with E-state index in [-0.39, 0.29) is 6.04 Å². The van der Waals surface area contributed by atoms with Gasteiger partial charge in [-0.05, 0) is 35.7 Å². The normalized spacial score (nSPS) is 17.7. The zero-order valence-electron chi connectivity index (χ0n) is 12.0. The molecule has 3 nitrogen and oxygen atoms in total. The van der Waals surface area contributed by atoms with E-state index >= 15 is 0 Å². The minimum atomic E-state index is 0.244. The first kappa shape index (κ1) is 12.5. The molecule has 1 aliphatic heterocycles. The van der Waals surface area contributed by atoms with E-state index in [1.54, 1.807) is 7.11 Å². The average Bonchev–Trinajstić information content (AvgIpc) is 2.93. The molecule has 1 aromatic heterocycles. The Hall–Kier alpha value is -2.26. The minimum absolute atomic E-state index is 0.244. The monoisotopic (exact) mass is 278 g/mol. The van der Waals surface area contributed by atoms with Gasteiger partial charge in [0.2, 0.25) is 0 Å². The Morgan fingerprint density at radius 3 is 2.76 bits per heavy atom. The van der Waals surface area contributed by atoms with E-state index < -0.39 is 0 Å². The summed E-state index contributed by atoms with van der Waals surface area (Å²) in [5.74, 6) is 0.916. The Kier molecular flexibility index (Phi) is 2.93. The summed E-state index contributed by atoms with van der Waals surface area (Å²) in [6.45, 7) is 0.997. The van der Waals surface area contributed by atoms with E-state index in [2.05, 4.69) is 52.8 Å². The fourth-order valence-electron chi connectivity index (χ4n) is 3.26. The third kappa shape index (κ3) is 2.01. The van der Waals surface area contributed by atoms with Crippen LogP contribution < -0.4 is 10.1 Å². The van der Waals surface area contributed by atoms with Crippen molar-refractivity contribution >= 4 is 10.9 Å². The third-order valence-corrected chi connectivity index (χ3v) is 4.29. The molecular formula is C18H18N2O. The topological polar surface area (TPSA) is 37.0 Å². The lowest BCUT2D eigenvalue weighted by Gasteiger charge is -2.24. The minimum Gasteiger partial charge on any atom is -0.497 e. The van der Waals surface area contributed by atoms with Crippen molar-refractivity contribution < 1.29 is 4.74 Å². The third-order valence-electron chi connectivity index (χ3n) is 4.29. The predicted molar refractivity (Wildman–Crippen MR) is 84.8 cm³/mol. The lowest BCUT2D eigenvalue weighted by Crippen LogP contribution is -2.30. The van der Waals surface area contributed by atoms with Crippen LogP contribution in [0.1, 0.15) is 22.9 Å². The molecule has 0 saturated carbocycles. The maximum atomic E-state index is 5.36. The van der Waals surface area contributed by atoms with Crippen LogP contribution in [0.2, 0.25) is 0 Å². The van der Waals surface area contributed by atoms with Gasteiger partial charge in [-0.3, -0.25) is 0 Å². The first-order chi connectivity index (χ1) is 10.4. The molecule has 0 saturated heterocycles. The number of rotatable bonds is 2. The summed E-state index contributed by atoms with van der Waals surface area (Å²) < 4.78 is 5.36. The van der Waals surface area contributed by atoms with Gasteiger partial charge in [0.25, 0.3) is 0 Å². The number of methoxy groups -OCH3 is 1. The van der Waals surface area contributed by atoms with Crippen LogP contribution in [0.15, 0.2) is 48.5 Å². The molecule has 1 atom stereocenters. The van der Waals surface area contributed by atoms with Crippen molar-refractivity contribution in [3.8, 4) is 5.75 Å². The second-order valence-corrected chi connectivity index (χ2v) is 5.48. The molecule has 0 fully saturated rings. The molecule has 3 heteroatoms. The van der Waals surface area contributed by atoms with E-state index in [1.165, 1.54) is 27.7 Å². The first-order valence-corrected chi connectivity index (χ1v) is 7.33. The first-order valence-electron chi connectivity index (χ1n) is 7.33. The van der Waals surface area contributed by atoms with Gasteiger partial charge < -0.3 is 15.0 Å². The fraction of sp³-hybridized carbons (Fsp3) is 0.222. The Labute approximate surface area is 123 Å². The molecule has 106 valence electrons. The van der Waals surface area contributed by atoms with Crippen LogP contribution in [0.5, 0.6) is 5.75 Å². The van der Waals surface area contributed by atoms with Crippen molar-refractivity contribution in [2.45, 2.75) is 12.5 Å². The van der Waals surface area contributed by atoms with E-state index in [0.717, 1.165) is 18.7 Å². The van der Waals surface area contributed by atoms with Gasteiger partial charge in [-0.25, -0.2) is 0 Å². The molecule has 0 unspecified atom stereocenters. The SMILES string of the molecule is COc1ccc2[nH]c3c(c2c1)CCN[C@H]3c1ccccc1. The molecule has 0 radical (unpaired) electrons. The number of fused-ring (bicyclic) bond motifs is 3. The fourth-order valence-corrected chi connectivity index (χ4v) is 3.26. The van der Waals surface area contributed by atoms with Crippen molar-refractivity contribution in [3.63, 3.8) is 0 Å². The van der Waals surface area contributed by atoms with Crippen LogP contribution in [0, 0.1) is 0 Å². The van der Waals surface area contributed by atoms with Crippen molar-refractivity contribution in [2.75, 3.05) is 13.7 Å². The summed E-state index contributed by atoms with van der Waals surface area (Å²) in [6, 6.07) is 17.1. The molecule has 3 aromatic rings. The van der Waals surface area contributed by atoms with Gasteiger partial charge >= 0.3 is 0 Å². The van der Waals surface area contributed by atoms with Crippen molar-refractivity contribution in [1.29, 1.82) is 0 Å². The smallest absolute Gasteiger partial charge is 0.119 e. The van der Waals surface area contributed by atoms with Crippen molar-refractivity contribution in [3.05, 3.63) is 65.4 Å². The summed E-state index contributed by atoms with van der Waals surface area (Å²) in [4.78, 5) is 3.60. The maximum absolute atomic E-state index is 5.36. The van der Waals surface area contributed by atoms with Gasteiger partial charge in [-0.2, -0.15) is 0 Å². The van der Waals surface area contributed by atoms with Crippen molar-refractivity contribution in [1.82, 2.24) is 10.3 Å². The summed E-state index contributed by atoms with van der Waals surface area (Å²) in [5, 5.41) is 4.90. The number of aromatic nitrogens is 1. The predicted octanol–water partition coefficient (Wildman–Crippen LogP) is 3.41. The van der Waals surface area contributed by atoms with Crippen LogP contribution >= 0.6 is 0 Å². The quantitative estimate of drug-likeness (QED) is 0.753. The second kappa shape index (κ2) is 4.93. The summed E-state index contributed by atoms with van der Waals surface area (Å²) in [7, 11) is 1.72. The lowest BCUT2D eigenvalue weighted by molar-refractivity contribution is 0.415. The Morgan fingerprint density at radius 1 is 1.10 bits per heavy atom. The van der Waals surface area contributed by atoms with Crippen LogP contribution in [-0.2, 0) is 6.42 Å². The summed E-state index contributed by atoms with van der Waals surface area (Å²) >= 11 is 0. The second-order valence-electron chi connectivity index (χ2n) is 5.48. The highest BCUT2D eigenvalue weighted by atomic mass is 16.5. The van der Waals surface area contributed by atoms with Crippen LogP contribution in [0.3, 0.4) is 0 Å². The number of aromatic amines is 1. The van der Waals surface area contributed by atoms with E-state index in [9.17, 15) is 0 Å². The molecule has 0 amide bonds. The molecule has 2 N–H and O–H groups in total. The summed E-state index contributed by atoms with van der Waals surface area (Å²) in [6.07, 6.45) is 1.05. The molecule has 2 heterocycles. The Bertz CT molecular complexity index is 777. The van der Waals surface area contributed by atoms with E-state index in [0.29, 0.717) is 0 Å². The van der Waals surface area contributed by atoms with Gasteiger partial charge in [-0.1, -0.05) is 30.3 Å². The molecule has 0 bridgehead atoms. The summed E-state index contributed by atoms with van der Waals surface area (Å²) in [5.41, 5.74) is 5.19. The molecule has 21 heavy (non-hydrogen) atoms. The van der Waals surface area contributed by atoms with E-state index in [4.69, 9.17) is 4.74 Å².